The fraction of sp³-hybridized carbons (Fsp3) is 0.571. The molecular weight excluding hydrogens is 317 g/mol. The summed E-state index contributed by atoms with van der Waals surface area (Å²) in [5.41, 5.74) is 0.192. The lowest BCUT2D eigenvalue weighted by molar-refractivity contribution is 0.0620. The molecule has 118 valence electrons. The van der Waals surface area contributed by atoms with Crippen molar-refractivity contribution < 1.29 is 17.5 Å². The van der Waals surface area contributed by atoms with Crippen molar-refractivity contribution in [3.63, 3.8) is 0 Å². The number of nitrogens with zero attached hydrogens (tertiary/aromatic N) is 1. The van der Waals surface area contributed by atoms with Gasteiger partial charge in [0.05, 0.1) is 10.8 Å². The number of hydrogen-bond acceptors (Lipinski definition) is 3. The van der Waals surface area contributed by atoms with Crippen LogP contribution >= 0.6 is 11.6 Å². The van der Waals surface area contributed by atoms with Crippen LogP contribution in [0.3, 0.4) is 0 Å². The molecule has 2 rings (SSSR count). The predicted molar refractivity (Wildman–Crippen MR) is 79.3 cm³/mol. The smallest absolute Gasteiger partial charge is 0.242 e. The summed E-state index contributed by atoms with van der Waals surface area (Å²) >= 11 is 5.63. The van der Waals surface area contributed by atoms with Crippen LogP contribution in [0, 0.1) is 11.7 Å². The Balaban J connectivity index is 2.16. The van der Waals surface area contributed by atoms with Gasteiger partial charge in [-0.15, -0.1) is 11.6 Å². The zero-order chi connectivity index (χ0) is 15.5. The van der Waals surface area contributed by atoms with E-state index in [1.807, 2.05) is 0 Å². The number of ether oxygens (including phenoxy) is 1. The lowest BCUT2D eigenvalue weighted by Crippen LogP contribution is -2.34. The van der Waals surface area contributed by atoms with Crippen molar-refractivity contribution in [1.82, 2.24) is 4.31 Å². The molecule has 1 fully saturated rings. The van der Waals surface area contributed by atoms with E-state index in [1.54, 1.807) is 7.05 Å². The first kappa shape index (κ1) is 16.7. The highest BCUT2D eigenvalue weighted by atomic mass is 35.5. The summed E-state index contributed by atoms with van der Waals surface area (Å²) in [6, 6.07) is 3.73. The third-order valence-corrected chi connectivity index (χ3v) is 5.83. The molecule has 1 aromatic rings. The second kappa shape index (κ2) is 7.05. The third-order valence-electron chi connectivity index (χ3n) is 3.73. The Kier molecular flexibility index (Phi) is 5.60. The molecule has 0 atom stereocenters. The van der Waals surface area contributed by atoms with Gasteiger partial charge in [-0.05, 0) is 37.0 Å². The van der Waals surface area contributed by atoms with Crippen LogP contribution < -0.4 is 0 Å². The molecule has 0 N–H and O–H groups in total. The number of alkyl halides is 1. The van der Waals surface area contributed by atoms with Crippen LogP contribution in [0.25, 0.3) is 0 Å². The fourth-order valence-corrected chi connectivity index (χ4v) is 3.89. The molecule has 4 nitrogen and oxygen atoms in total. The second-order valence-corrected chi connectivity index (χ2v) is 7.54. The number of hydrogen-bond donors (Lipinski definition) is 0. The first-order chi connectivity index (χ1) is 9.95. The Morgan fingerprint density at radius 1 is 1.38 bits per heavy atom. The molecule has 21 heavy (non-hydrogen) atoms. The molecule has 0 aliphatic carbocycles. The third kappa shape index (κ3) is 3.94. The molecule has 1 aliphatic rings. The van der Waals surface area contributed by atoms with Crippen LogP contribution in [-0.2, 0) is 20.6 Å². The SMILES string of the molecule is CN(CC1CCOCC1)S(=O)(=O)c1ccc(F)c(CCl)c1. The lowest BCUT2D eigenvalue weighted by atomic mass is 10.0. The average Bonchev–Trinajstić information content (AvgIpc) is 2.48. The van der Waals surface area contributed by atoms with Crippen molar-refractivity contribution in [2.24, 2.45) is 5.92 Å². The topological polar surface area (TPSA) is 46.6 Å². The van der Waals surface area contributed by atoms with Gasteiger partial charge in [-0.3, -0.25) is 0 Å². The molecule has 0 radical (unpaired) electrons. The molecule has 0 saturated carbocycles. The summed E-state index contributed by atoms with van der Waals surface area (Å²) < 4.78 is 45.1. The van der Waals surface area contributed by atoms with E-state index in [9.17, 15) is 12.8 Å². The van der Waals surface area contributed by atoms with Gasteiger partial charge in [-0.1, -0.05) is 0 Å². The Hall–Kier alpha value is -0.690. The van der Waals surface area contributed by atoms with E-state index in [2.05, 4.69) is 0 Å². The van der Waals surface area contributed by atoms with Gasteiger partial charge in [0.1, 0.15) is 5.82 Å². The summed E-state index contributed by atoms with van der Waals surface area (Å²) in [5.74, 6) is -0.249. The van der Waals surface area contributed by atoms with E-state index in [0.29, 0.717) is 25.7 Å². The van der Waals surface area contributed by atoms with Gasteiger partial charge in [0.15, 0.2) is 0 Å². The van der Waals surface area contributed by atoms with E-state index in [1.165, 1.54) is 16.4 Å². The molecule has 0 bridgehead atoms. The van der Waals surface area contributed by atoms with Crippen molar-refractivity contribution in [3.8, 4) is 0 Å². The minimum Gasteiger partial charge on any atom is -0.381 e. The molecule has 0 unspecified atom stereocenters. The summed E-state index contributed by atoms with van der Waals surface area (Å²) in [6.45, 7) is 1.79. The molecule has 0 spiro atoms. The van der Waals surface area contributed by atoms with E-state index in [4.69, 9.17) is 16.3 Å². The quantitative estimate of drug-likeness (QED) is 0.777. The minimum absolute atomic E-state index is 0.0567. The molecule has 0 aromatic heterocycles. The molecular formula is C14H19ClFNO3S. The maximum absolute atomic E-state index is 13.4. The Labute approximate surface area is 129 Å². The molecule has 1 aliphatic heterocycles. The first-order valence-corrected chi connectivity index (χ1v) is 8.81. The Morgan fingerprint density at radius 3 is 2.67 bits per heavy atom. The average molecular weight is 336 g/mol. The van der Waals surface area contributed by atoms with E-state index in [-0.39, 0.29) is 16.3 Å². The van der Waals surface area contributed by atoms with Gasteiger partial charge in [0.25, 0.3) is 0 Å². The summed E-state index contributed by atoms with van der Waals surface area (Å²) in [5, 5.41) is 0. The largest absolute Gasteiger partial charge is 0.381 e. The van der Waals surface area contributed by atoms with Gasteiger partial charge < -0.3 is 4.74 Å². The highest BCUT2D eigenvalue weighted by molar-refractivity contribution is 7.89. The van der Waals surface area contributed by atoms with Crippen LogP contribution in [0.2, 0.25) is 0 Å². The Bertz CT molecular complexity index is 588. The molecule has 1 heterocycles. The van der Waals surface area contributed by atoms with Crippen molar-refractivity contribution in [3.05, 3.63) is 29.6 Å². The molecule has 1 saturated heterocycles. The highest BCUT2D eigenvalue weighted by Gasteiger charge is 2.25. The maximum Gasteiger partial charge on any atom is 0.242 e. The van der Waals surface area contributed by atoms with E-state index < -0.39 is 15.8 Å². The maximum atomic E-state index is 13.4. The van der Waals surface area contributed by atoms with Crippen LogP contribution in [0.1, 0.15) is 18.4 Å². The number of halogens is 2. The number of rotatable bonds is 5. The van der Waals surface area contributed by atoms with Crippen molar-refractivity contribution in [2.75, 3.05) is 26.8 Å². The number of sulfonamides is 1. The first-order valence-electron chi connectivity index (χ1n) is 6.83. The second-order valence-electron chi connectivity index (χ2n) is 5.23. The van der Waals surface area contributed by atoms with Crippen molar-refractivity contribution in [1.29, 1.82) is 0 Å². The summed E-state index contributed by atoms with van der Waals surface area (Å²) in [7, 11) is -2.07. The van der Waals surface area contributed by atoms with Crippen LogP contribution in [0.4, 0.5) is 4.39 Å². The zero-order valence-corrected chi connectivity index (χ0v) is 13.5. The normalized spacial score (nSPS) is 17.3. The van der Waals surface area contributed by atoms with Gasteiger partial charge in [0.2, 0.25) is 10.0 Å². The predicted octanol–water partition coefficient (Wildman–Crippen LogP) is 2.61. The van der Waals surface area contributed by atoms with Crippen LogP contribution in [0.5, 0.6) is 0 Å². The fourth-order valence-electron chi connectivity index (χ4n) is 2.38. The van der Waals surface area contributed by atoms with Gasteiger partial charge >= 0.3 is 0 Å². The molecule has 1 aromatic carbocycles. The van der Waals surface area contributed by atoms with Gasteiger partial charge in [0, 0.05) is 32.4 Å². The lowest BCUT2D eigenvalue weighted by Gasteiger charge is -2.26. The van der Waals surface area contributed by atoms with E-state index >= 15 is 0 Å². The minimum atomic E-state index is -3.62. The van der Waals surface area contributed by atoms with Gasteiger partial charge in [-0.25, -0.2) is 17.1 Å². The van der Waals surface area contributed by atoms with E-state index in [0.717, 1.165) is 18.9 Å². The number of benzene rings is 1. The highest BCUT2D eigenvalue weighted by Crippen LogP contribution is 2.22. The van der Waals surface area contributed by atoms with Crippen LogP contribution in [-0.4, -0.2) is 39.5 Å². The standard InChI is InChI=1S/C14H19ClFNO3S/c1-17(10-11-4-6-20-7-5-11)21(18,19)13-2-3-14(16)12(8-13)9-15/h2-3,8,11H,4-7,9-10H2,1H3. The monoisotopic (exact) mass is 335 g/mol. The van der Waals surface area contributed by atoms with Crippen LogP contribution in [0.15, 0.2) is 23.1 Å². The zero-order valence-electron chi connectivity index (χ0n) is 11.9. The van der Waals surface area contributed by atoms with Gasteiger partial charge in [-0.2, -0.15) is 0 Å². The molecule has 0 amide bonds. The Morgan fingerprint density at radius 2 is 2.05 bits per heavy atom. The summed E-state index contributed by atoms with van der Waals surface area (Å²) in [6.07, 6.45) is 1.71. The van der Waals surface area contributed by atoms with Crippen molar-refractivity contribution >= 4 is 21.6 Å². The molecule has 7 heteroatoms. The van der Waals surface area contributed by atoms with Crippen molar-refractivity contribution in [2.45, 2.75) is 23.6 Å². The summed E-state index contributed by atoms with van der Waals surface area (Å²) in [4.78, 5) is 0.0779.